The molecule has 0 atom stereocenters. The third kappa shape index (κ3) is 4.55. The van der Waals surface area contributed by atoms with Crippen LogP contribution in [0.2, 0.25) is 5.02 Å². The summed E-state index contributed by atoms with van der Waals surface area (Å²) in [5.74, 6) is 0.609. The lowest BCUT2D eigenvalue weighted by atomic mass is 10.0. The molecule has 0 saturated carbocycles. The number of hydrogen-bond donors (Lipinski definition) is 1. The van der Waals surface area contributed by atoms with Crippen LogP contribution in [0.3, 0.4) is 0 Å². The number of aryl methyl sites for hydroxylation is 3. The number of halogens is 1. The molecule has 0 aliphatic carbocycles. The number of pyridine rings is 1. The fourth-order valence-corrected chi connectivity index (χ4v) is 5.34. The Bertz CT molecular complexity index is 1240. The summed E-state index contributed by atoms with van der Waals surface area (Å²) >= 11 is 9.04. The molecule has 2 heterocycles. The predicted molar refractivity (Wildman–Crippen MR) is 125 cm³/mol. The van der Waals surface area contributed by atoms with E-state index in [-0.39, 0.29) is 5.91 Å². The number of benzene rings is 2. The van der Waals surface area contributed by atoms with Crippen LogP contribution in [0.5, 0.6) is 0 Å². The summed E-state index contributed by atoms with van der Waals surface area (Å²) in [4.78, 5) is 21.5. The second kappa shape index (κ2) is 8.30. The third-order valence-corrected chi connectivity index (χ3v) is 6.69. The number of rotatable bonds is 5. The number of nitrogens with zero attached hydrogens (tertiary/aromatic N) is 2. The molecule has 0 unspecified atom stereocenters. The van der Waals surface area contributed by atoms with Crippen LogP contribution in [0.1, 0.15) is 23.1 Å². The number of hydrogen-bond acceptors (Lipinski definition) is 5. The number of carbonyl (C=O) groups is 1. The third-order valence-electron chi connectivity index (χ3n) is 4.61. The summed E-state index contributed by atoms with van der Waals surface area (Å²) < 4.78 is 0.962. The van der Waals surface area contributed by atoms with Gasteiger partial charge in [-0.25, -0.2) is 9.97 Å². The Hall–Kier alpha value is -2.15. The Balaban J connectivity index is 1.39. The lowest BCUT2D eigenvalue weighted by molar-refractivity contribution is -0.115. The van der Waals surface area contributed by atoms with Crippen molar-refractivity contribution in [3.63, 3.8) is 0 Å². The van der Waals surface area contributed by atoms with Crippen molar-refractivity contribution < 1.29 is 4.79 Å². The SMILES string of the molecule is Cc1cc(C)c2nc(SCCC(=O)Nc3nc4ccc(Cl)cc4s3)cc(C)c2c1. The van der Waals surface area contributed by atoms with Crippen LogP contribution in [-0.2, 0) is 4.79 Å². The number of thioether (sulfide) groups is 1. The van der Waals surface area contributed by atoms with Crippen molar-refractivity contribution >= 4 is 66.9 Å². The minimum absolute atomic E-state index is 0.0491. The molecule has 1 amide bonds. The molecule has 4 aromatic rings. The molecule has 0 aliphatic heterocycles. The lowest BCUT2D eigenvalue weighted by Gasteiger charge is -2.09. The van der Waals surface area contributed by atoms with Gasteiger partial charge in [0, 0.05) is 22.6 Å². The molecule has 0 spiro atoms. The monoisotopic (exact) mass is 441 g/mol. The first-order valence-electron chi connectivity index (χ1n) is 9.26. The Morgan fingerprint density at radius 3 is 2.76 bits per heavy atom. The van der Waals surface area contributed by atoms with Gasteiger partial charge < -0.3 is 5.32 Å². The number of aromatic nitrogens is 2. The van der Waals surface area contributed by atoms with Crippen molar-refractivity contribution in [1.82, 2.24) is 9.97 Å². The van der Waals surface area contributed by atoms with E-state index in [1.54, 1.807) is 17.8 Å². The molecule has 0 saturated heterocycles. The maximum Gasteiger partial charge on any atom is 0.226 e. The van der Waals surface area contributed by atoms with E-state index < -0.39 is 0 Å². The molecule has 148 valence electrons. The van der Waals surface area contributed by atoms with Crippen molar-refractivity contribution in [3.05, 3.63) is 58.1 Å². The molecular weight excluding hydrogens is 422 g/mol. The van der Waals surface area contributed by atoms with Gasteiger partial charge in [-0.2, -0.15) is 0 Å². The molecule has 4 nitrogen and oxygen atoms in total. The Labute approximate surface area is 182 Å². The Morgan fingerprint density at radius 1 is 1.10 bits per heavy atom. The molecule has 0 aliphatic rings. The van der Waals surface area contributed by atoms with Gasteiger partial charge in [-0.05, 0) is 62.2 Å². The van der Waals surface area contributed by atoms with Gasteiger partial charge in [-0.15, -0.1) is 11.8 Å². The maximum absolute atomic E-state index is 12.3. The smallest absolute Gasteiger partial charge is 0.226 e. The zero-order chi connectivity index (χ0) is 20.5. The van der Waals surface area contributed by atoms with E-state index in [2.05, 4.69) is 49.3 Å². The number of fused-ring (bicyclic) bond motifs is 2. The second-order valence-corrected chi connectivity index (χ2v) is 9.62. The summed E-state index contributed by atoms with van der Waals surface area (Å²) in [7, 11) is 0. The lowest BCUT2D eigenvalue weighted by Crippen LogP contribution is -2.11. The molecule has 1 N–H and O–H groups in total. The van der Waals surface area contributed by atoms with Crippen LogP contribution in [0.4, 0.5) is 5.13 Å². The van der Waals surface area contributed by atoms with E-state index in [1.165, 1.54) is 33.4 Å². The normalized spacial score (nSPS) is 11.3. The van der Waals surface area contributed by atoms with Crippen LogP contribution >= 0.6 is 34.7 Å². The Kier molecular flexibility index (Phi) is 5.76. The summed E-state index contributed by atoms with van der Waals surface area (Å²) in [5.41, 5.74) is 5.51. The summed E-state index contributed by atoms with van der Waals surface area (Å²) in [5, 5.41) is 6.29. The molecule has 0 radical (unpaired) electrons. The number of amides is 1. The summed E-state index contributed by atoms with van der Waals surface area (Å²) in [6, 6.07) is 11.9. The molecule has 0 fully saturated rings. The van der Waals surface area contributed by atoms with Crippen LogP contribution in [0, 0.1) is 20.8 Å². The highest BCUT2D eigenvalue weighted by Gasteiger charge is 2.10. The van der Waals surface area contributed by atoms with E-state index in [1.807, 2.05) is 12.1 Å². The van der Waals surface area contributed by atoms with Crippen molar-refractivity contribution in [2.75, 3.05) is 11.1 Å². The number of carbonyl (C=O) groups excluding carboxylic acids is 1. The topological polar surface area (TPSA) is 54.9 Å². The van der Waals surface area contributed by atoms with Gasteiger partial charge in [0.25, 0.3) is 0 Å². The highest BCUT2D eigenvalue weighted by atomic mass is 35.5. The van der Waals surface area contributed by atoms with Crippen LogP contribution in [0.15, 0.2) is 41.4 Å². The van der Waals surface area contributed by atoms with Crippen LogP contribution in [0.25, 0.3) is 21.1 Å². The molecule has 2 aromatic heterocycles. The van der Waals surface area contributed by atoms with Crippen molar-refractivity contribution in [1.29, 1.82) is 0 Å². The van der Waals surface area contributed by atoms with E-state index in [0.717, 1.165) is 20.8 Å². The van der Waals surface area contributed by atoms with Crippen molar-refractivity contribution in [3.8, 4) is 0 Å². The quantitative estimate of drug-likeness (QED) is 0.357. The number of thiazole rings is 1. The van der Waals surface area contributed by atoms with Gasteiger partial charge >= 0.3 is 0 Å². The zero-order valence-corrected chi connectivity index (χ0v) is 18.8. The molecule has 7 heteroatoms. The largest absolute Gasteiger partial charge is 0.302 e. The summed E-state index contributed by atoms with van der Waals surface area (Å²) in [6.45, 7) is 6.31. The van der Waals surface area contributed by atoms with Gasteiger partial charge in [-0.1, -0.05) is 34.6 Å². The molecular formula is C22H20ClN3OS2. The number of nitrogens with one attached hydrogen (secondary N) is 1. The minimum Gasteiger partial charge on any atom is -0.302 e. The average Bonchev–Trinajstić information content (AvgIpc) is 3.04. The highest BCUT2D eigenvalue weighted by Crippen LogP contribution is 2.29. The Morgan fingerprint density at radius 2 is 1.93 bits per heavy atom. The van der Waals surface area contributed by atoms with Crippen LogP contribution < -0.4 is 5.32 Å². The first kappa shape index (κ1) is 20.1. The fourth-order valence-electron chi connectivity index (χ4n) is 3.27. The van der Waals surface area contributed by atoms with Crippen molar-refractivity contribution in [2.45, 2.75) is 32.2 Å². The van der Waals surface area contributed by atoms with Gasteiger partial charge in [0.15, 0.2) is 5.13 Å². The standard InChI is InChI=1S/C22H20ClN3OS2/c1-12-8-14(3)21-16(9-12)13(2)10-20(26-21)28-7-6-19(27)25-22-24-17-5-4-15(23)11-18(17)29-22/h4-5,8-11H,6-7H2,1-3H3,(H,24,25,27). The first-order valence-corrected chi connectivity index (χ1v) is 11.4. The van der Waals surface area contributed by atoms with E-state index >= 15 is 0 Å². The molecule has 29 heavy (non-hydrogen) atoms. The minimum atomic E-state index is -0.0491. The number of anilines is 1. The predicted octanol–water partition coefficient (Wildman–Crippen LogP) is 6.54. The molecule has 0 bridgehead atoms. The van der Waals surface area contributed by atoms with E-state index in [9.17, 15) is 4.79 Å². The summed E-state index contributed by atoms with van der Waals surface area (Å²) in [6.07, 6.45) is 0.396. The van der Waals surface area contributed by atoms with Gasteiger partial charge in [0.05, 0.1) is 20.8 Å². The second-order valence-electron chi connectivity index (χ2n) is 7.03. The molecule has 4 rings (SSSR count). The zero-order valence-electron chi connectivity index (χ0n) is 16.4. The van der Waals surface area contributed by atoms with Crippen molar-refractivity contribution in [2.24, 2.45) is 0 Å². The molecule has 2 aromatic carbocycles. The van der Waals surface area contributed by atoms with Gasteiger partial charge in [0.2, 0.25) is 5.91 Å². The highest BCUT2D eigenvalue weighted by molar-refractivity contribution is 7.99. The van der Waals surface area contributed by atoms with Gasteiger partial charge in [-0.3, -0.25) is 4.79 Å². The maximum atomic E-state index is 12.3. The van der Waals surface area contributed by atoms with E-state index in [4.69, 9.17) is 16.6 Å². The fraction of sp³-hybridized carbons (Fsp3) is 0.227. The van der Waals surface area contributed by atoms with Crippen LogP contribution in [-0.4, -0.2) is 21.6 Å². The van der Waals surface area contributed by atoms with E-state index in [0.29, 0.717) is 22.3 Å². The first-order chi connectivity index (χ1) is 13.9. The average molecular weight is 442 g/mol. The van der Waals surface area contributed by atoms with Gasteiger partial charge in [0.1, 0.15) is 0 Å².